The lowest BCUT2D eigenvalue weighted by molar-refractivity contribution is -0.146. The highest BCUT2D eigenvalue weighted by atomic mass is 35.5. The Kier molecular flexibility index (Phi) is 11.5. The number of aliphatic carboxylic acids is 1. The summed E-state index contributed by atoms with van der Waals surface area (Å²) in [5, 5.41) is 11.6. The summed E-state index contributed by atoms with van der Waals surface area (Å²) in [7, 11) is 1.86. The fourth-order valence-electron chi connectivity index (χ4n) is 3.81. The Morgan fingerprint density at radius 2 is 1.90 bits per heavy atom. The number of nitrogens with two attached hydrogens (primary N) is 1. The van der Waals surface area contributed by atoms with Crippen LogP contribution in [0.5, 0.6) is 5.75 Å². The molecule has 13 heteroatoms. The lowest BCUT2D eigenvalue weighted by Gasteiger charge is -2.26. The molecule has 0 aliphatic rings. The lowest BCUT2D eigenvalue weighted by atomic mass is 9.99. The number of fused-ring (bicyclic) bond motifs is 1. The normalized spacial score (nSPS) is 11.9. The number of nitrogen functional groups attached to an aromatic ring is 1. The van der Waals surface area contributed by atoms with Gasteiger partial charge in [-0.2, -0.15) is 0 Å². The Balaban J connectivity index is 0.000000337. The van der Waals surface area contributed by atoms with Crippen LogP contribution in [-0.2, 0) is 25.8 Å². The minimum atomic E-state index is -3.23. The Morgan fingerprint density at radius 1 is 1.23 bits per heavy atom. The summed E-state index contributed by atoms with van der Waals surface area (Å²) in [5.74, 6) is 0.792. The van der Waals surface area contributed by atoms with Gasteiger partial charge in [0.25, 0.3) is 0 Å². The van der Waals surface area contributed by atoms with Crippen LogP contribution in [0.1, 0.15) is 25.8 Å². The van der Waals surface area contributed by atoms with Crippen molar-refractivity contribution < 1.29 is 27.9 Å². The first-order valence-corrected chi connectivity index (χ1v) is 14.6. The van der Waals surface area contributed by atoms with E-state index in [0.29, 0.717) is 46.8 Å². The maximum atomic E-state index is 11.8. The van der Waals surface area contributed by atoms with Gasteiger partial charge in [-0.05, 0) is 47.6 Å². The van der Waals surface area contributed by atoms with E-state index in [0.717, 1.165) is 23.4 Å². The molecule has 0 fully saturated rings. The standard InChI is InChI=1S/C19H25N3O4.C8H11ClN2O2S/c1-12(2)5-7-22(11-23)16(19(24)25)9-14-8-13-4-6-21-18(20)15(13)10-17(14)26-3;1-11(2)8-7(9)4-6(5-10-8)14(3,12)13/h4,6,8,10-12,16H,5,7,9H2,1-3H3,(H2,20,21)(H,24,25);4-5H,1-3H3/t16-;/m1./s1. The molecule has 11 nitrogen and oxygen atoms in total. The van der Waals surface area contributed by atoms with Crippen molar-refractivity contribution in [2.24, 2.45) is 5.92 Å². The minimum absolute atomic E-state index is 0.133. The van der Waals surface area contributed by atoms with E-state index < -0.39 is 21.8 Å². The highest BCUT2D eigenvalue weighted by molar-refractivity contribution is 7.90. The Hall–Kier alpha value is -3.64. The summed E-state index contributed by atoms with van der Waals surface area (Å²) in [5.41, 5.74) is 6.60. The molecule has 218 valence electrons. The lowest BCUT2D eigenvalue weighted by Crippen LogP contribution is -2.42. The molecule has 0 radical (unpaired) electrons. The van der Waals surface area contributed by atoms with Crippen molar-refractivity contribution >= 4 is 56.2 Å². The van der Waals surface area contributed by atoms with Crippen LogP contribution in [0.2, 0.25) is 5.02 Å². The zero-order chi connectivity index (χ0) is 30.2. The molecule has 0 spiro atoms. The molecular formula is C27H36ClN5O6S. The van der Waals surface area contributed by atoms with Crippen molar-refractivity contribution in [1.29, 1.82) is 0 Å². The van der Waals surface area contributed by atoms with E-state index in [-0.39, 0.29) is 11.3 Å². The van der Waals surface area contributed by atoms with Crippen LogP contribution in [-0.4, -0.2) is 80.8 Å². The molecule has 1 amide bonds. The van der Waals surface area contributed by atoms with Gasteiger partial charge in [-0.15, -0.1) is 0 Å². The van der Waals surface area contributed by atoms with Crippen molar-refractivity contribution in [3.63, 3.8) is 0 Å². The Bertz CT molecular complexity index is 1450. The van der Waals surface area contributed by atoms with Gasteiger partial charge in [0.05, 0.1) is 17.0 Å². The van der Waals surface area contributed by atoms with Crippen molar-refractivity contribution in [3.05, 3.63) is 47.2 Å². The van der Waals surface area contributed by atoms with Crippen molar-refractivity contribution in [2.75, 3.05) is 44.6 Å². The number of carbonyl (C=O) groups excluding carboxylic acids is 1. The smallest absolute Gasteiger partial charge is 0.326 e. The second-order valence-corrected chi connectivity index (χ2v) is 12.2. The number of anilines is 2. The number of benzene rings is 1. The van der Waals surface area contributed by atoms with Crippen LogP contribution < -0.4 is 15.4 Å². The summed E-state index contributed by atoms with van der Waals surface area (Å²) in [6, 6.07) is 5.84. The van der Waals surface area contributed by atoms with Crippen LogP contribution in [0.25, 0.3) is 10.8 Å². The number of rotatable bonds is 11. The second kappa shape index (κ2) is 14.1. The number of pyridine rings is 2. The molecule has 0 saturated heterocycles. The fourth-order valence-corrected chi connectivity index (χ4v) is 4.79. The predicted octanol–water partition coefficient (Wildman–Crippen LogP) is 3.53. The maximum Gasteiger partial charge on any atom is 0.326 e. The van der Waals surface area contributed by atoms with Crippen LogP contribution in [0, 0.1) is 5.92 Å². The van der Waals surface area contributed by atoms with E-state index >= 15 is 0 Å². The average molecular weight is 594 g/mol. The number of amides is 1. The van der Waals surface area contributed by atoms with E-state index in [1.165, 1.54) is 24.3 Å². The monoisotopic (exact) mass is 593 g/mol. The van der Waals surface area contributed by atoms with Gasteiger partial charge < -0.3 is 25.4 Å². The summed E-state index contributed by atoms with van der Waals surface area (Å²) >= 11 is 5.86. The predicted molar refractivity (Wildman–Crippen MR) is 157 cm³/mol. The Labute approximate surface area is 239 Å². The fraction of sp³-hybridized carbons (Fsp3) is 0.407. The number of hydrogen-bond acceptors (Lipinski definition) is 9. The molecule has 0 unspecified atom stereocenters. The van der Waals surface area contributed by atoms with Gasteiger partial charge in [0.15, 0.2) is 9.84 Å². The Morgan fingerprint density at radius 3 is 2.40 bits per heavy atom. The molecule has 3 rings (SSSR count). The van der Waals surface area contributed by atoms with E-state index in [1.807, 2.05) is 19.9 Å². The molecule has 0 saturated carbocycles. The topological polar surface area (TPSA) is 156 Å². The largest absolute Gasteiger partial charge is 0.496 e. The molecule has 2 heterocycles. The average Bonchev–Trinajstić information content (AvgIpc) is 2.87. The van der Waals surface area contributed by atoms with Gasteiger partial charge in [-0.25, -0.2) is 23.2 Å². The van der Waals surface area contributed by atoms with Crippen LogP contribution in [0.4, 0.5) is 11.6 Å². The summed E-state index contributed by atoms with van der Waals surface area (Å²) in [6.45, 7) is 4.46. The third-order valence-corrected chi connectivity index (χ3v) is 7.40. The van der Waals surface area contributed by atoms with Gasteiger partial charge in [0.2, 0.25) is 6.41 Å². The first kappa shape index (κ1) is 32.6. The number of methoxy groups -OCH3 is 1. The molecule has 3 aromatic rings. The SMILES string of the molecule is CN(C)c1ncc(S(C)(=O)=O)cc1Cl.COc1cc2c(N)nccc2cc1C[C@H](C(=O)O)N(C=O)CCC(C)C. The van der Waals surface area contributed by atoms with Crippen molar-refractivity contribution in [2.45, 2.75) is 37.6 Å². The van der Waals surface area contributed by atoms with Crippen LogP contribution in [0.15, 0.2) is 41.6 Å². The van der Waals surface area contributed by atoms with Crippen molar-refractivity contribution in [3.8, 4) is 5.75 Å². The highest BCUT2D eigenvalue weighted by Gasteiger charge is 2.26. The van der Waals surface area contributed by atoms with E-state index in [9.17, 15) is 23.1 Å². The minimum Gasteiger partial charge on any atom is -0.496 e. The molecule has 1 atom stereocenters. The summed E-state index contributed by atoms with van der Waals surface area (Å²) < 4.78 is 27.7. The van der Waals surface area contributed by atoms with Gasteiger partial charge in [0, 0.05) is 51.1 Å². The van der Waals surface area contributed by atoms with E-state index in [4.69, 9.17) is 22.1 Å². The number of carboxylic acid groups (broad SMARTS) is 1. The number of nitrogens with zero attached hydrogens (tertiary/aromatic N) is 4. The molecule has 40 heavy (non-hydrogen) atoms. The number of hydrogen-bond donors (Lipinski definition) is 2. The third-order valence-electron chi connectivity index (χ3n) is 6.04. The van der Waals surface area contributed by atoms with Crippen LogP contribution in [0.3, 0.4) is 0 Å². The van der Waals surface area contributed by atoms with E-state index in [1.54, 1.807) is 37.3 Å². The van der Waals surface area contributed by atoms with Gasteiger partial charge in [-0.3, -0.25) is 4.79 Å². The maximum absolute atomic E-state index is 11.8. The van der Waals surface area contributed by atoms with Gasteiger partial charge in [0.1, 0.15) is 23.4 Å². The molecule has 0 aliphatic carbocycles. The van der Waals surface area contributed by atoms with E-state index in [2.05, 4.69) is 9.97 Å². The summed E-state index contributed by atoms with van der Waals surface area (Å²) in [4.78, 5) is 34.5. The summed E-state index contributed by atoms with van der Waals surface area (Å²) in [6.07, 6.45) is 5.51. The zero-order valence-electron chi connectivity index (χ0n) is 23.5. The van der Waals surface area contributed by atoms with Crippen LogP contribution >= 0.6 is 11.6 Å². The third kappa shape index (κ3) is 8.68. The molecule has 1 aromatic carbocycles. The first-order valence-electron chi connectivity index (χ1n) is 12.4. The molecule has 2 aromatic heterocycles. The number of carboxylic acids is 1. The molecule has 3 N–H and O–H groups in total. The number of ether oxygens (including phenoxy) is 1. The quantitative estimate of drug-likeness (QED) is 0.315. The molecule has 0 aliphatic heterocycles. The highest BCUT2D eigenvalue weighted by Crippen LogP contribution is 2.30. The second-order valence-electron chi connectivity index (χ2n) is 9.81. The van der Waals surface area contributed by atoms with Gasteiger partial charge >= 0.3 is 5.97 Å². The molecule has 0 bridgehead atoms. The first-order chi connectivity index (χ1) is 18.7. The number of aromatic nitrogens is 2. The number of sulfone groups is 1. The molecular weight excluding hydrogens is 558 g/mol. The van der Waals surface area contributed by atoms with Crippen molar-refractivity contribution in [1.82, 2.24) is 14.9 Å². The number of halogens is 1. The van der Waals surface area contributed by atoms with Gasteiger partial charge in [-0.1, -0.05) is 25.4 Å². The zero-order valence-corrected chi connectivity index (χ0v) is 25.0. The number of carbonyl (C=O) groups is 2.